The van der Waals surface area contributed by atoms with E-state index in [9.17, 15) is 9.18 Å². The number of halogens is 1. The fraction of sp³-hybridized carbons (Fsp3) is 0.533. The Morgan fingerprint density at radius 2 is 2.16 bits per heavy atom. The fourth-order valence-corrected chi connectivity index (χ4v) is 1.71. The van der Waals surface area contributed by atoms with Crippen molar-refractivity contribution in [3.63, 3.8) is 0 Å². The van der Waals surface area contributed by atoms with Crippen LogP contribution in [-0.4, -0.2) is 18.6 Å². The second kappa shape index (κ2) is 7.77. The second-order valence-corrected chi connectivity index (χ2v) is 4.78. The Balaban J connectivity index is 2.47. The molecule has 1 N–H and O–H groups in total. The van der Waals surface area contributed by atoms with Crippen LogP contribution in [0.15, 0.2) is 18.2 Å². The highest BCUT2D eigenvalue weighted by molar-refractivity contribution is 5.75. The molecule has 1 aromatic carbocycles. The van der Waals surface area contributed by atoms with E-state index in [2.05, 4.69) is 5.32 Å². The van der Waals surface area contributed by atoms with E-state index in [-0.39, 0.29) is 23.6 Å². The van der Waals surface area contributed by atoms with Gasteiger partial charge in [0.05, 0.1) is 6.10 Å². The Kier molecular flexibility index (Phi) is 6.33. The molecule has 0 fully saturated rings. The van der Waals surface area contributed by atoms with Crippen LogP contribution in [0.2, 0.25) is 0 Å². The van der Waals surface area contributed by atoms with Crippen LogP contribution in [0.3, 0.4) is 0 Å². The van der Waals surface area contributed by atoms with Crippen LogP contribution in [0.25, 0.3) is 0 Å². The van der Waals surface area contributed by atoms with E-state index in [1.54, 1.807) is 6.07 Å². The molecule has 0 aromatic heterocycles. The third kappa shape index (κ3) is 5.73. The standard InChI is InChI=1S/C15H22FNO2/c1-4-5-15(18)17-9-8-12-6-7-14(13(16)10-12)19-11(2)3/h6-7,10-11H,4-5,8-9H2,1-3H3,(H,17,18). The summed E-state index contributed by atoms with van der Waals surface area (Å²) in [5, 5.41) is 2.81. The number of carbonyl (C=O) groups is 1. The Bertz CT molecular complexity index is 419. The summed E-state index contributed by atoms with van der Waals surface area (Å²) in [6.07, 6.45) is 1.94. The van der Waals surface area contributed by atoms with E-state index in [0.717, 1.165) is 12.0 Å². The smallest absolute Gasteiger partial charge is 0.219 e. The van der Waals surface area contributed by atoms with Gasteiger partial charge >= 0.3 is 0 Å². The van der Waals surface area contributed by atoms with Crippen LogP contribution in [0.1, 0.15) is 39.2 Å². The minimum atomic E-state index is -0.355. The van der Waals surface area contributed by atoms with E-state index >= 15 is 0 Å². The minimum Gasteiger partial charge on any atom is -0.488 e. The Hall–Kier alpha value is -1.58. The van der Waals surface area contributed by atoms with Gasteiger partial charge in [0.2, 0.25) is 5.91 Å². The topological polar surface area (TPSA) is 38.3 Å². The average molecular weight is 267 g/mol. The van der Waals surface area contributed by atoms with Gasteiger partial charge in [-0.1, -0.05) is 13.0 Å². The van der Waals surface area contributed by atoms with Gasteiger partial charge in [-0.2, -0.15) is 0 Å². The number of nitrogens with one attached hydrogen (secondary N) is 1. The molecule has 0 unspecified atom stereocenters. The molecule has 0 atom stereocenters. The molecule has 1 rings (SSSR count). The summed E-state index contributed by atoms with van der Waals surface area (Å²) in [6, 6.07) is 4.93. The molecule has 4 heteroatoms. The summed E-state index contributed by atoms with van der Waals surface area (Å²) in [7, 11) is 0. The zero-order valence-electron chi connectivity index (χ0n) is 11.8. The second-order valence-electron chi connectivity index (χ2n) is 4.78. The van der Waals surface area contributed by atoms with Crippen LogP contribution in [0.4, 0.5) is 4.39 Å². The molecule has 0 radical (unpaired) electrons. The quantitative estimate of drug-likeness (QED) is 0.824. The molecule has 0 spiro atoms. The van der Waals surface area contributed by atoms with Gasteiger partial charge in [0.15, 0.2) is 11.6 Å². The van der Waals surface area contributed by atoms with Crippen LogP contribution >= 0.6 is 0 Å². The first kappa shape index (κ1) is 15.5. The number of hydrogen-bond acceptors (Lipinski definition) is 2. The van der Waals surface area contributed by atoms with Crippen molar-refractivity contribution in [1.82, 2.24) is 5.32 Å². The number of hydrogen-bond donors (Lipinski definition) is 1. The number of amides is 1. The third-order valence-electron chi connectivity index (χ3n) is 2.57. The van der Waals surface area contributed by atoms with Crippen molar-refractivity contribution in [1.29, 1.82) is 0 Å². The lowest BCUT2D eigenvalue weighted by Gasteiger charge is -2.11. The Morgan fingerprint density at radius 1 is 1.42 bits per heavy atom. The number of ether oxygens (including phenoxy) is 1. The highest BCUT2D eigenvalue weighted by Gasteiger charge is 2.07. The fourth-order valence-electron chi connectivity index (χ4n) is 1.71. The van der Waals surface area contributed by atoms with Crippen molar-refractivity contribution in [2.75, 3.05) is 6.54 Å². The number of benzene rings is 1. The molecule has 3 nitrogen and oxygen atoms in total. The lowest BCUT2D eigenvalue weighted by atomic mass is 10.1. The van der Waals surface area contributed by atoms with Gasteiger partial charge in [-0.05, 0) is 44.4 Å². The molecule has 0 saturated carbocycles. The first-order chi connectivity index (χ1) is 9.02. The van der Waals surface area contributed by atoms with Crippen molar-refractivity contribution in [3.8, 4) is 5.75 Å². The van der Waals surface area contributed by atoms with Gasteiger partial charge < -0.3 is 10.1 Å². The van der Waals surface area contributed by atoms with Crippen molar-refractivity contribution in [3.05, 3.63) is 29.6 Å². The summed E-state index contributed by atoms with van der Waals surface area (Å²) in [5.74, 6) is -0.0393. The summed E-state index contributed by atoms with van der Waals surface area (Å²) < 4.78 is 19.0. The van der Waals surface area contributed by atoms with Crippen LogP contribution in [0.5, 0.6) is 5.75 Å². The number of rotatable bonds is 7. The SMILES string of the molecule is CCCC(=O)NCCc1ccc(OC(C)C)c(F)c1. The van der Waals surface area contributed by atoms with Gasteiger partial charge in [-0.25, -0.2) is 4.39 Å². The maximum atomic E-state index is 13.7. The van der Waals surface area contributed by atoms with Crippen LogP contribution in [0, 0.1) is 5.82 Å². The molecule has 0 aliphatic rings. The van der Waals surface area contributed by atoms with Crippen molar-refractivity contribution in [2.45, 2.75) is 46.1 Å². The molecule has 106 valence electrons. The third-order valence-corrected chi connectivity index (χ3v) is 2.57. The van der Waals surface area contributed by atoms with Crippen LogP contribution < -0.4 is 10.1 Å². The van der Waals surface area contributed by atoms with E-state index in [1.165, 1.54) is 6.07 Å². The molecule has 0 aliphatic heterocycles. The Morgan fingerprint density at radius 3 is 2.74 bits per heavy atom. The zero-order chi connectivity index (χ0) is 14.3. The lowest BCUT2D eigenvalue weighted by Crippen LogP contribution is -2.25. The molecule has 0 bridgehead atoms. The van der Waals surface area contributed by atoms with Crippen molar-refractivity contribution < 1.29 is 13.9 Å². The first-order valence-corrected chi connectivity index (χ1v) is 6.74. The summed E-state index contributed by atoms with van der Waals surface area (Å²) in [6.45, 7) is 6.21. The van der Waals surface area contributed by atoms with Gasteiger partial charge in [0, 0.05) is 13.0 Å². The molecule has 0 aliphatic carbocycles. The average Bonchev–Trinajstić information content (AvgIpc) is 2.32. The van der Waals surface area contributed by atoms with E-state index in [1.807, 2.05) is 26.8 Å². The molecule has 0 heterocycles. The molecule has 0 saturated heterocycles. The monoisotopic (exact) mass is 267 g/mol. The summed E-state index contributed by atoms with van der Waals surface area (Å²) >= 11 is 0. The lowest BCUT2D eigenvalue weighted by molar-refractivity contribution is -0.121. The molecular formula is C15H22FNO2. The van der Waals surface area contributed by atoms with Crippen molar-refractivity contribution in [2.24, 2.45) is 0 Å². The first-order valence-electron chi connectivity index (χ1n) is 6.74. The predicted octanol–water partition coefficient (Wildman–Crippen LogP) is 3.07. The number of carbonyl (C=O) groups excluding carboxylic acids is 1. The largest absolute Gasteiger partial charge is 0.488 e. The van der Waals surface area contributed by atoms with E-state index < -0.39 is 0 Å². The molecule has 1 amide bonds. The summed E-state index contributed by atoms with van der Waals surface area (Å²) in [5.41, 5.74) is 0.852. The predicted molar refractivity (Wildman–Crippen MR) is 73.8 cm³/mol. The van der Waals surface area contributed by atoms with Gasteiger partial charge in [-0.15, -0.1) is 0 Å². The molecule has 1 aromatic rings. The van der Waals surface area contributed by atoms with E-state index in [4.69, 9.17) is 4.74 Å². The highest BCUT2D eigenvalue weighted by Crippen LogP contribution is 2.19. The van der Waals surface area contributed by atoms with Gasteiger partial charge in [0.25, 0.3) is 0 Å². The maximum absolute atomic E-state index is 13.7. The Labute approximate surface area is 114 Å². The minimum absolute atomic E-state index is 0.0442. The molecule has 19 heavy (non-hydrogen) atoms. The van der Waals surface area contributed by atoms with E-state index in [0.29, 0.717) is 19.4 Å². The van der Waals surface area contributed by atoms with Crippen LogP contribution in [-0.2, 0) is 11.2 Å². The highest BCUT2D eigenvalue weighted by atomic mass is 19.1. The normalized spacial score (nSPS) is 10.6. The zero-order valence-corrected chi connectivity index (χ0v) is 11.8. The molecular weight excluding hydrogens is 245 g/mol. The maximum Gasteiger partial charge on any atom is 0.219 e. The van der Waals surface area contributed by atoms with Crippen molar-refractivity contribution >= 4 is 5.91 Å². The van der Waals surface area contributed by atoms with Gasteiger partial charge in [0.1, 0.15) is 0 Å². The van der Waals surface area contributed by atoms with Gasteiger partial charge in [-0.3, -0.25) is 4.79 Å². The summed E-state index contributed by atoms with van der Waals surface area (Å²) in [4.78, 5) is 11.3.